The first-order valence-corrected chi connectivity index (χ1v) is 8.07. The van der Waals surface area contributed by atoms with Gasteiger partial charge >= 0.3 is 0 Å². The number of aromatic nitrogens is 2. The van der Waals surface area contributed by atoms with E-state index in [-0.39, 0.29) is 22.7 Å². The highest BCUT2D eigenvalue weighted by atomic mass is 32.2. The number of benzene rings is 1. The summed E-state index contributed by atoms with van der Waals surface area (Å²) < 4.78 is 24.4. The number of para-hydroxylation sites is 1. The fourth-order valence-electron chi connectivity index (χ4n) is 1.71. The van der Waals surface area contributed by atoms with E-state index < -0.39 is 15.9 Å². The Bertz CT molecular complexity index is 793. The first-order valence-electron chi connectivity index (χ1n) is 6.22. The van der Waals surface area contributed by atoms with Gasteiger partial charge in [-0.25, -0.2) is 8.42 Å². The summed E-state index contributed by atoms with van der Waals surface area (Å²) in [6, 6.07) is 9.36. The molecule has 0 unspecified atom stereocenters. The molecule has 22 heavy (non-hydrogen) atoms. The molecule has 0 saturated heterocycles. The summed E-state index contributed by atoms with van der Waals surface area (Å²) in [6.45, 7) is 0. The van der Waals surface area contributed by atoms with Gasteiger partial charge in [0.1, 0.15) is 7.85 Å². The van der Waals surface area contributed by atoms with Crippen molar-refractivity contribution in [2.75, 3.05) is 22.9 Å². The van der Waals surface area contributed by atoms with Crippen molar-refractivity contribution in [3.63, 3.8) is 0 Å². The van der Waals surface area contributed by atoms with Gasteiger partial charge in [0.25, 0.3) is 5.91 Å². The number of sulfonamides is 1. The number of carbonyl (C=O) groups excluding carboxylic acids is 1. The molecule has 1 aromatic carbocycles. The molecule has 2 aromatic rings. The molecule has 112 valence electrons. The Labute approximate surface area is 129 Å². The van der Waals surface area contributed by atoms with E-state index in [2.05, 4.69) is 15.5 Å². The normalized spacial score (nSPS) is 11.0. The molecule has 9 heteroatoms. The minimum absolute atomic E-state index is 0.203. The van der Waals surface area contributed by atoms with Gasteiger partial charge in [-0.3, -0.25) is 9.10 Å². The van der Waals surface area contributed by atoms with Crippen molar-refractivity contribution in [3.8, 4) is 0 Å². The van der Waals surface area contributed by atoms with Crippen LogP contribution in [-0.4, -0.2) is 45.7 Å². The maximum atomic E-state index is 12.3. The van der Waals surface area contributed by atoms with E-state index in [0.29, 0.717) is 0 Å². The topological polar surface area (TPSA) is 92.3 Å². The summed E-state index contributed by atoms with van der Waals surface area (Å²) >= 11 is 0. The molecule has 0 atom stereocenters. The number of nitrogens with zero attached hydrogens (tertiary/aromatic N) is 3. The van der Waals surface area contributed by atoms with Crippen LogP contribution in [0.4, 0.5) is 11.5 Å². The van der Waals surface area contributed by atoms with Gasteiger partial charge < -0.3 is 5.32 Å². The Morgan fingerprint density at radius 3 is 2.45 bits per heavy atom. The summed E-state index contributed by atoms with van der Waals surface area (Å²) in [4.78, 5) is 12.3. The van der Waals surface area contributed by atoms with Crippen molar-refractivity contribution in [2.45, 2.75) is 0 Å². The largest absolute Gasteiger partial charge is 0.305 e. The van der Waals surface area contributed by atoms with E-state index in [4.69, 9.17) is 7.85 Å². The van der Waals surface area contributed by atoms with Crippen LogP contribution >= 0.6 is 0 Å². The summed E-state index contributed by atoms with van der Waals surface area (Å²) in [7, 11) is 3.32. The molecule has 7 nitrogen and oxygen atoms in total. The van der Waals surface area contributed by atoms with Crippen LogP contribution in [0.1, 0.15) is 10.4 Å². The standard InChI is InChI=1S/C13H13BN4O3S/c1-18(22(2,20)21)10-6-4-3-5-9(10)13(19)15-12-8-7-11(14)16-17-12/h3-8H,1-2H3,(H,15,17,19). The molecule has 0 bridgehead atoms. The highest BCUT2D eigenvalue weighted by Gasteiger charge is 2.19. The summed E-state index contributed by atoms with van der Waals surface area (Å²) in [6.07, 6.45) is 1.06. The third-order valence-electron chi connectivity index (χ3n) is 2.91. The number of hydrogen-bond donors (Lipinski definition) is 1. The van der Waals surface area contributed by atoms with Gasteiger partial charge in [-0.05, 0) is 24.3 Å². The molecule has 0 aliphatic rings. The van der Waals surface area contributed by atoms with Crippen molar-refractivity contribution >= 4 is 40.9 Å². The predicted molar refractivity (Wildman–Crippen MR) is 85.1 cm³/mol. The summed E-state index contributed by atoms with van der Waals surface area (Å²) in [5, 5.41) is 9.90. The second-order valence-electron chi connectivity index (χ2n) is 4.55. The quantitative estimate of drug-likeness (QED) is 0.797. The van der Waals surface area contributed by atoms with Gasteiger partial charge in [0.2, 0.25) is 10.0 Å². The fourth-order valence-corrected chi connectivity index (χ4v) is 2.23. The van der Waals surface area contributed by atoms with Crippen LogP contribution in [-0.2, 0) is 10.0 Å². The van der Waals surface area contributed by atoms with Crippen LogP contribution in [0, 0.1) is 0 Å². The number of amides is 1. The van der Waals surface area contributed by atoms with Gasteiger partial charge in [-0.15, -0.1) is 5.10 Å². The lowest BCUT2D eigenvalue weighted by Crippen LogP contribution is -2.27. The smallest absolute Gasteiger partial charge is 0.259 e. The zero-order valence-corrected chi connectivity index (χ0v) is 12.8. The van der Waals surface area contributed by atoms with Crippen LogP contribution in [0.25, 0.3) is 0 Å². The van der Waals surface area contributed by atoms with E-state index in [1.165, 1.54) is 25.2 Å². The average molecular weight is 316 g/mol. The highest BCUT2D eigenvalue weighted by molar-refractivity contribution is 7.92. The minimum Gasteiger partial charge on any atom is -0.305 e. The first-order chi connectivity index (χ1) is 10.3. The number of hydrogen-bond acceptors (Lipinski definition) is 5. The summed E-state index contributed by atoms with van der Waals surface area (Å²) in [5.74, 6) is -0.277. The Balaban J connectivity index is 2.32. The van der Waals surface area contributed by atoms with Crippen LogP contribution < -0.4 is 15.2 Å². The molecule has 1 N–H and O–H groups in total. The van der Waals surface area contributed by atoms with E-state index in [0.717, 1.165) is 10.6 Å². The van der Waals surface area contributed by atoms with E-state index in [1.54, 1.807) is 18.2 Å². The van der Waals surface area contributed by atoms with Crippen LogP contribution in [0.3, 0.4) is 0 Å². The van der Waals surface area contributed by atoms with Gasteiger partial charge in [-0.1, -0.05) is 12.1 Å². The molecule has 2 radical (unpaired) electrons. The molecule has 0 aliphatic heterocycles. The molecule has 1 aromatic heterocycles. The van der Waals surface area contributed by atoms with Gasteiger partial charge in [0.05, 0.1) is 17.5 Å². The van der Waals surface area contributed by atoms with Gasteiger partial charge in [0, 0.05) is 12.6 Å². The lowest BCUT2D eigenvalue weighted by Gasteiger charge is -2.19. The second-order valence-corrected chi connectivity index (χ2v) is 6.56. The Morgan fingerprint density at radius 1 is 1.18 bits per heavy atom. The molecule has 0 saturated carbocycles. The van der Waals surface area contributed by atoms with Gasteiger partial charge in [-0.2, -0.15) is 5.10 Å². The second kappa shape index (κ2) is 6.14. The SMILES string of the molecule is [B]c1ccc(NC(=O)c2ccccc2N(C)S(C)(=O)=O)nn1. The third kappa shape index (κ3) is 3.61. The van der Waals surface area contributed by atoms with Crippen molar-refractivity contribution in [1.29, 1.82) is 0 Å². The van der Waals surface area contributed by atoms with Crippen molar-refractivity contribution in [2.24, 2.45) is 0 Å². The molecule has 0 spiro atoms. The van der Waals surface area contributed by atoms with Gasteiger partial charge in [0.15, 0.2) is 5.82 Å². The third-order valence-corrected chi connectivity index (χ3v) is 4.10. The van der Waals surface area contributed by atoms with Crippen molar-refractivity contribution in [3.05, 3.63) is 42.0 Å². The minimum atomic E-state index is -3.48. The molecule has 1 amide bonds. The number of rotatable bonds is 4. The summed E-state index contributed by atoms with van der Waals surface area (Å²) in [5.41, 5.74) is 0.704. The zero-order chi connectivity index (χ0) is 16.3. The average Bonchev–Trinajstić information content (AvgIpc) is 2.48. The van der Waals surface area contributed by atoms with E-state index in [9.17, 15) is 13.2 Å². The zero-order valence-electron chi connectivity index (χ0n) is 12.0. The molecule has 0 aliphatic carbocycles. The number of anilines is 2. The lowest BCUT2D eigenvalue weighted by atomic mass is 10.1. The number of carbonyl (C=O) groups is 1. The molecular weight excluding hydrogens is 303 g/mol. The monoisotopic (exact) mass is 316 g/mol. The van der Waals surface area contributed by atoms with E-state index >= 15 is 0 Å². The molecular formula is C13H13BN4O3S. The number of nitrogens with one attached hydrogen (secondary N) is 1. The van der Waals surface area contributed by atoms with Crippen LogP contribution in [0.2, 0.25) is 0 Å². The highest BCUT2D eigenvalue weighted by Crippen LogP contribution is 2.22. The van der Waals surface area contributed by atoms with Crippen molar-refractivity contribution < 1.29 is 13.2 Å². The Kier molecular flexibility index (Phi) is 4.46. The first kappa shape index (κ1) is 16.0. The Morgan fingerprint density at radius 2 is 1.86 bits per heavy atom. The maximum absolute atomic E-state index is 12.3. The van der Waals surface area contributed by atoms with Crippen molar-refractivity contribution in [1.82, 2.24) is 10.2 Å². The lowest BCUT2D eigenvalue weighted by molar-refractivity contribution is 0.102. The van der Waals surface area contributed by atoms with E-state index in [1.807, 2.05) is 0 Å². The molecule has 2 rings (SSSR count). The maximum Gasteiger partial charge on any atom is 0.259 e. The molecule has 1 heterocycles. The predicted octanol–water partition coefficient (Wildman–Crippen LogP) is -0.0815. The Hall–Kier alpha value is -2.42. The fraction of sp³-hybridized carbons (Fsp3) is 0.154. The van der Waals surface area contributed by atoms with Crippen LogP contribution in [0.15, 0.2) is 36.4 Å². The molecule has 0 fully saturated rings. The van der Waals surface area contributed by atoms with Crippen LogP contribution in [0.5, 0.6) is 0 Å².